The number of aliphatic imine (C=N–C) groups is 1. The molecule has 6 heteroatoms. The van der Waals surface area contributed by atoms with Crippen molar-refractivity contribution >= 4 is 17.6 Å². The van der Waals surface area contributed by atoms with E-state index in [0.29, 0.717) is 23.8 Å². The van der Waals surface area contributed by atoms with Crippen molar-refractivity contribution in [1.82, 2.24) is 4.98 Å². The van der Waals surface area contributed by atoms with Gasteiger partial charge in [0.1, 0.15) is 17.3 Å². The molecule has 2 aliphatic rings. The number of amidine groups is 1. The van der Waals surface area contributed by atoms with Crippen LogP contribution in [0.4, 0.5) is 5.82 Å². The third kappa shape index (κ3) is 4.53. The molecule has 0 saturated carbocycles. The smallest absolute Gasteiger partial charge is 0.271 e. The molecule has 0 spiro atoms. The van der Waals surface area contributed by atoms with Crippen molar-refractivity contribution in [3.8, 4) is 11.5 Å². The number of hydrogen-bond acceptors (Lipinski definition) is 5. The molecule has 158 valence electrons. The number of fused-ring (bicyclic) bond motifs is 1. The topological polar surface area (TPSA) is 64.0 Å². The average molecular weight is 408 g/mol. The molecular weight excluding hydrogens is 378 g/mol. The van der Waals surface area contributed by atoms with Crippen LogP contribution in [0.1, 0.15) is 46.6 Å². The summed E-state index contributed by atoms with van der Waals surface area (Å²) in [7, 11) is 0. The van der Waals surface area contributed by atoms with Crippen LogP contribution in [0.2, 0.25) is 0 Å². The van der Waals surface area contributed by atoms with Gasteiger partial charge in [-0.2, -0.15) is 0 Å². The minimum absolute atomic E-state index is 0. The van der Waals surface area contributed by atoms with Gasteiger partial charge in [-0.1, -0.05) is 31.7 Å². The maximum absolute atomic E-state index is 13.2. The van der Waals surface area contributed by atoms with Crippen LogP contribution in [0.15, 0.2) is 59.4 Å². The van der Waals surface area contributed by atoms with E-state index in [9.17, 15) is 4.79 Å². The second-order valence-electron chi connectivity index (χ2n) is 7.90. The van der Waals surface area contributed by atoms with Crippen LogP contribution in [0, 0.1) is 0 Å². The van der Waals surface area contributed by atoms with Gasteiger partial charge in [-0.25, -0.2) is 14.9 Å². The monoisotopic (exact) mass is 407 g/mol. The quantitative estimate of drug-likeness (QED) is 0.720. The first-order valence-electron chi connectivity index (χ1n) is 9.85. The highest BCUT2D eigenvalue weighted by Gasteiger charge is 2.33. The molecule has 2 aliphatic heterocycles. The van der Waals surface area contributed by atoms with Gasteiger partial charge in [-0.15, -0.1) is 0 Å². The molecule has 30 heavy (non-hydrogen) atoms. The van der Waals surface area contributed by atoms with E-state index in [-0.39, 0.29) is 25.5 Å². The summed E-state index contributed by atoms with van der Waals surface area (Å²) in [6.45, 7) is 5.89. The molecule has 2 aromatic rings. The highest BCUT2D eigenvalue weighted by Crippen LogP contribution is 2.41. The number of nitrogens with zero attached hydrogens (tertiary/aromatic N) is 3. The number of hydrogen-bond donors (Lipinski definition) is 0. The van der Waals surface area contributed by atoms with Crippen LogP contribution >= 0.6 is 0 Å². The molecule has 1 aromatic carbocycles. The fourth-order valence-electron chi connectivity index (χ4n) is 3.67. The summed E-state index contributed by atoms with van der Waals surface area (Å²) in [4.78, 5) is 23.7. The van der Waals surface area contributed by atoms with Gasteiger partial charge in [0.25, 0.3) is 5.91 Å². The molecule has 0 aliphatic carbocycles. The van der Waals surface area contributed by atoms with E-state index in [1.165, 1.54) is 0 Å². The first kappa shape index (κ1) is 21.6. The Morgan fingerprint density at radius 3 is 2.80 bits per heavy atom. The number of rotatable bonds is 4. The molecule has 0 radical (unpaired) electrons. The van der Waals surface area contributed by atoms with Crippen molar-refractivity contribution in [1.29, 1.82) is 0 Å². The highest BCUT2D eigenvalue weighted by molar-refractivity contribution is 6.17. The SMILES string of the molecule is C.CC1=CCCC(N(C(=O)COc2cccc3c2OC(C)(C)C3)c2ccccn2)=N1. The summed E-state index contributed by atoms with van der Waals surface area (Å²) < 4.78 is 12.0. The molecule has 4 rings (SSSR count). The van der Waals surface area contributed by atoms with Crippen LogP contribution in [0.3, 0.4) is 0 Å². The summed E-state index contributed by atoms with van der Waals surface area (Å²) >= 11 is 0. The number of allylic oxidation sites excluding steroid dienone is 2. The lowest BCUT2D eigenvalue weighted by atomic mass is 10.0. The van der Waals surface area contributed by atoms with Crippen molar-refractivity contribution in [2.75, 3.05) is 11.5 Å². The molecule has 6 nitrogen and oxygen atoms in total. The third-order valence-electron chi connectivity index (χ3n) is 4.91. The number of ether oxygens (including phenoxy) is 2. The lowest BCUT2D eigenvalue weighted by Gasteiger charge is -2.25. The lowest BCUT2D eigenvalue weighted by Crippen LogP contribution is -2.41. The summed E-state index contributed by atoms with van der Waals surface area (Å²) in [5.74, 6) is 2.33. The molecule has 0 unspecified atom stereocenters. The van der Waals surface area contributed by atoms with E-state index in [0.717, 1.165) is 29.9 Å². The van der Waals surface area contributed by atoms with E-state index in [2.05, 4.69) is 16.1 Å². The number of pyridine rings is 1. The Hall–Kier alpha value is -3.15. The number of carbonyl (C=O) groups excluding carboxylic acids is 1. The largest absolute Gasteiger partial charge is 0.483 e. The number of para-hydroxylation sites is 1. The van der Waals surface area contributed by atoms with Crippen LogP contribution in [0.5, 0.6) is 11.5 Å². The van der Waals surface area contributed by atoms with Crippen LogP contribution < -0.4 is 14.4 Å². The zero-order valence-corrected chi connectivity index (χ0v) is 17.0. The van der Waals surface area contributed by atoms with Gasteiger partial charge in [-0.05, 0) is 45.4 Å². The summed E-state index contributed by atoms with van der Waals surface area (Å²) in [6, 6.07) is 11.3. The zero-order valence-electron chi connectivity index (χ0n) is 17.0. The second-order valence-corrected chi connectivity index (χ2v) is 7.90. The number of amides is 1. The Morgan fingerprint density at radius 1 is 1.23 bits per heavy atom. The fourth-order valence-corrected chi connectivity index (χ4v) is 3.67. The summed E-state index contributed by atoms with van der Waals surface area (Å²) in [6.07, 6.45) is 6.07. The fraction of sp³-hybridized carbons (Fsp3) is 0.375. The molecule has 0 bridgehead atoms. The first-order valence-corrected chi connectivity index (χ1v) is 9.85. The van der Waals surface area contributed by atoms with Crippen molar-refractivity contribution < 1.29 is 14.3 Å². The van der Waals surface area contributed by atoms with Gasteiger partial charge < -0.3 is 9.47 Å². The van der Waals surface area contributed by atoms with E-state index >= 15 is 0 Å². The van der Waals surface area contributed by atoms with Gasteiger partial charge in [0.15, 0.2) is 18.1 Å². The molecule has 0 saturated heterocycles. The van der Waals surface area contributed by atoms with Gasteiger partial charge >= 0.3 is 0 Å². The Labute approximate surface area is 178 Å². The Morgan fingerprint density at radius 2 is 2.07 bits per heavy atom. The molecule has 3 heterocycles. The standard InChI is InChI=1S/C23H25N3O3.CH4/c1-16-8-6-12-20(25-16)26(19-11-4-5-13-24-19)21(27)15-28-18-10-7-9-17-14-23(2,3)29-22(17)18;/h4-5,7-11,13H,6,12,14-15H2,1-3H3;1H4. The second kappa shape index (κ2) is 8.69. The third-order valence-corrected chi connectivity index (χ3v) is 4.91. The van der Waals surface area contributed by atoms with E-state index in [4.69, 9.17) is 9.47 Å². The summed E-state index contributed by atoms with van der Waals surface area (Å²) in [5, 5.41) is 0. The summed E-state index contributed by atoms with van der Waals surface area (Å²) in [5.41, 5.74) is 1.73. The van der Waals surface area contributed by atoms with Gasteiger partial charge in [-0.3, -0.25) is 4.79 Å². The van der Waals surface area contributed by atoms with Crippen LogP contribution in [-0.4, -0.2) is 28.9 Å². The van der Waals surface area contributed by atoms with Gasteiger partial charge in [0, 0.05) is 30.3 Å². The van der Waals surface area contributed by atoms with Crippen molar-refractivity contribution in [3.63, 3.8) is 0 Å². The zero-order chi connectivity index (χ0) is 20.4. The van der Waals surface area contributed by atoms with Crippen molar-refractivity contribution in [3.05, 3.63) is 59.9 Å². The number of carbonyl (C=O) groups is 1. The molecular formula is C24H29N3O3. The van der Waals surface area contributed by atoms with E-state index < -0.39 is 0 Å². The maximum atomic E-state index is 13.2. The number of anilines is 1. The van der Waals surface area contributed by atoms with Gasteiger partial charge in [0.05, 0.1) is 0 Å². The van der Waals surface area contributed by atoms with E-state index in [1.807, 2.05) is 51.1 Å². The molecule has 0 N–H and O–H groups in total. The minimum Gasteiger partial charge on any atom is -0.483 e. The van der Waals surface area contributed by atoms with E-state index in [1.54, 1.807) is 17.2 Å². The number of benzene rings is 1. The van der Waals surface area contributed by atoms with Crippen LogP contribution in [0.25, 0.3) is 0 Å². The minimum atomic E-state index is -0.271. The van der Waals surface area contributed by atoms with Crippen molar-refractivity contribution in [2.24, 2.45) is 4.99 Å². The predicted octanol–water partition coefficient (Wildman–Crippen LogP) is 4.94. The molecule has 1 aromatic heterocycles. The normalized spacial score (nSPS) is 16.4. The highest BCUT2D eigenvalue weighted by atomic mass is 16.5. The first-order chi connectivity index (χ1) is 13.9. The Bertz CT molecular complexity index is 980. The molecule has 1 amide bonds. The Balaban J connectivity index is 0.00000256. The van der Waals surface area contributed by atoms with Gasteiger partial charge in [0.2, 0.25) is 0 Å². The predicted molar refractivity (Wildman–Crippen MR) is 119 cm³/mol. The maximum Gasteiger partial charge on any atom is 0.271 e. The molecule has 0 fully saturated rings. The lowest BCUT2D eigenvalue weighted by molar-refractivity contribution is -0.119. The molecule has 0 atom stereocenters. The number of aromatic nitrogens is 1. The van der Waals surface area contributed by atoms with Crippen LogP contribution in [-0.2, 0) is 11.2 Å². The Kier molecular flexibility index (Phi) is 6.25. The average Bonchev–Trinajstić information content (AvgIpc) is 3.02. The van der Waals surface area contributed by atoms with Crippen molar-refractivity contribution in [2.45, 2.75) is 53.1 Å².